The normalized spacial score (nSPS) is 11.4. The molecule has 0 fully saturated rings. The summed E-state index contributed by atoms with van der Waals surface area (Å²) < 4.78 is 5.01. The molecule has 0 unspecified atom stereocenters. The lowest BCUT2D eigenvalue weighted by Gasteiger charge is -2.05. The molecule has 0 aliphatic carbocycles. The van der Waals surface area contributed by atoms with Crippen LogP contribution < -0.4 is 5.32 Å². The third kappa shape index (κ3) is 3.14. The first kappa shape index (κ1) is 13.2. The monoisotopic (exact) mass is 278 g/mol. The number of amides is 1. The van der Waals surface area contributed by atoms with Crippen LogP contribution in [0.3, 0.4) is 0 Å². The second-order valence-corrected chi connectivity index (χ2v) is 4.20. The van der Waals surface area contributed by atoms with Crippen LogP contribution in [-0.2, 0) is 0 Å². The average Bonchev–Trinajstić information content (AvgIpc) is 2.85. The summed E-state index contributed by atoms with van der Waals surface area (Å²) in [6, 6.07) is 9.91. The van der Waals surface area contributed by atoms with Crippen molar-refractivity contribution in [2.75, 3.05) is 5.32 Å². The number of nitrogens with one attached hydrogen (secondary N) is 1. The molecular formula is C13H11ClN2O3. The van der Waals surface area contributed by atoms with E-state index in [1.807, 2.05) is 0 Å². The zero-order valence-electron chi connectivity index (χ0n) is 10.1. The smallest absolute Gasteiger partial charge is 0.291 e. The van der Waals surface area contributed by atoms with Gasteiger partial charge >= 0.3 is 0 Å². The Morgan fingerprint density at radius 1 is 1.37 bits per heavy atom. The molecule has 1 heterocycles. The quantitative estimate of drug-likeness (QED) is 0.513. The summed E-state index contributed by atoms with van der Waals surface area (Å²) in [5.74, 6) is -0.273. The fourth-order valence-corrected chi connectivity index (χ4v) is 1.65. The van der Waals surface area contributed by atoms with Gasteiger partial charge in [0.05, 0.1) is 5.71 Å². The first-order valence-corrected chi connectivity index (χ1v) is 5.83. The Bertz CT molecular complexity index is 634. The standard InChI is InChI=1S/C13H11ClN2O3/c1-8(16-18)9-3-2-4-10(7-9)15-13(17)11-5-6-12(14)19-11/h2-7,18H,1H3,(H,15,17)/b16-8-. The van der Waals surface area contributed by atoms with Crippen molar-refractivity contribution in [3.63, 3.8) is 0 Å². The highest BCUT2D eigenvalue weighted by Crippen LogP contribution is 2.16. The van der Waals surface area contributed by atoms with Crippen LogP contribution in [0.5, 0.6) is 0 Å². The molecule has 1 aromatic heterocycles. The maximum Gasteiger partial charge on any atom is 0.291 e. The van der Waals surface area contributed by atoms with E-state index in [0.717, 1.165) is 0 Å². The van der Waals surface area contributed by atoms with E-state index >= 15 is 0 Å². The molecule has 0 radical (unpaired) electrons. The van der Waals surface area contributed by atoms with Crippen LogP contribution in [0.4, 0.5) is 5.69 Å². The Labute approximate surface area is 114 Å². The number of carbonyl (C=O) groups is 1. The lowest BCUT2D eigenvalue weighted by Crippen LogP contribution is -2.11. The minimum absolute atomic E-state index is 0.128. The molecule has 0 saturated heterocycles. The fourth-order valence-electron chi connectivity index (χ4n) is 1.51. The zero-order chi connectivity index (χ0) is 13.8. The van der Waals surface area contributed by atoms with Gasteiger partial charge in [-0.15, -0.1) is 0 Å². The molecule has 0 spiro atoms. The number of benzene rings is 1. The van der Waals surface area contributed by atoms with Crippen LogP contribution in [0, 0.1) is 0 Å². The molecule has 0 aliphatic heterocycles. The molecule has 6 heteroatoms. The lowest BCUT2D eigenvalue weighted by atomic mass is 10.1. The molecule has 5 nitrogen and oxygen atoms in total. The minimum atomic E-state index is -0.400. The van der Waals surface area contributed by atoms with E-state index in [1.165, 1.54) is 12.1 Å². The Morgan fingerprint density at radius 2 is 2.16 bits per heavy atom. The maximum absolute atomic E-state index is 11.8. The Kier molecular flexibility index (Phi) is 3.87. The predicted octanol–water partition coefficient (Wildman–Crippen LogP) is 3.38. The molecule has 98 valence electrons. The molecular weight excluding hydrogens is 268 g/mol. The van der Waals surface area contributed by atoms with Gasteiger partial charge in [0.15, 0.2) is 11.0 Å². The van der Waals surface area contributed by atoms with Gasteiger partial charge in [-0.25, -0.2) is 0 Å². The maximum atomic E-state index is 11.8. The van der Waals surface area contributed by atoms with E-state index in [9.17, 15) is 4.79 Å². The molecule has 2 rings (SSSR count). The van der Waals surface area contributed by atoms with Crippen LogP contribution in [0.2, 0.25) is 5.22 Å². The van der Waals surface area contributed by atoms with Crippen molar-refractivity contribution >= 4 is 28.9 Å². The van der Waals surface area contributed by atoms with E-state index in [4.69, 9.17) is 21.2 Å². The van der Waals surface area contributed by atoms with E-state index in [2.05, 4.69) is 10.5 Å². The van der Waals surface area contributed by atoms with Crippen molar-refractivity contribution < 1.29 is 14.4 Å². The number of furan rings is 1. The Morgan fingerprint density at radius 3 is 2.79 bits per heavy atom. The molecule has 1 amide bonds. The zero-order valence-corrected chi connectivity index (χ0v) is 10.8. The van der Waals surface area contributed by atoms with Crippen molar-refractivity contribution in [3.8, 4) is 0 Å². The van der Waals surface area contributed by atoms with Crippen molar-refractivity contribution in [2.45, 2.75) is 6.92 Å². The second kappa shape index (κ2) is 5.58. The first-order chi connectivity index (χ1) is 9.10. The summed E-state index contributed by atoms with van der Waals surface area (Å²) in [5.41, 5.74) is 1.73. The molecule has 0 aliphatic rings. The molecule has 0 atom stereocenters. The third-order valence-electron chi connectivity index (χ3n) is 2.49. The number of hydrogen-bond donors (Lipinski definition) is 2. The van der Waals surface area contributed by atoms with Gasteiger partial charge in [-0.05, 0) is 42.8 Å². The number of oxime groups is 1. The van der Waals surface area contributed by atoms with Gasteiger partial charge in [-0.2, -0.15) is 0 Å². The fraction of sp³-hybridized carbons (Fsp3) is 0.0769. The van der Waals surface area contributed by atoms with Crippen LogP contribution >= 0.6 is 11.6 Å². The summed E-state index contributed by atoms with van der Waals surface area (Å²) in [4.78, 5) is 11.8. The Balaban J connectivity index is 2.17. The van der Waals surface area contributed by atoms with Gasteiger partial charge in [0.1, 0.15) is 0 Å². The van der Waals surface area contributed by atoms with E-state index in [-0.39, 0.29) is 11.0 Å². The molecule has 2 aromatic rings. The first-order valence-electron chi connectivity index (χ1n) is 5.46. The molecule has 2 N–H and O–H groups in total. The van der Waals surface area contributed by atoms with E-state index in [1.54, 1.807) is 31.2 Å². The van der Waals surface area contributed by atoms with Crippen molar-refractivity contribution in [1.82, 2.24) is 0 Å². The second-order valence-electron chi connectivity index (χ2n) is 3.82. The number of carbonyl (C=O) groups excluding carboxylic acids is 1. The van der Waals surface area contributed by atoms with Gasteiger partial charge in [-0.1, -0.05) is 17.3 Å². The summed E-state index contributed by atoms with van der Waals surface area (Å²) in [6.45, 7) is 1.66. The molecule has 1 aromatic carbocycles. The van der Waals surface area contributed by atoms with Crippen LogP contribution in [0.25, 0.3) is 0 Å². The average molecular weight is 279 g/mol. The SMILES string of the molecule is C/C(=N/O)c1cccc(NC(=O)c2ccc(Cl)o2)c1. The van der Waals surface area contributed by atoms with Gasteiger partial charge in [-0.3, -0.25) is 4.79 Å². The number of rotatable bonds is 3. The number of halogens is 1. The summed E-state index contributed by atoms with van der Waals surface area (Å²) in [5, 5.41) is 14.6. The highest BCUT2D eigenvalue weighted by molar-refractivity contribution is 6.29. The summed E-state index contributed by atoms with van der Waals surface area (Å²) in [7, 11) is 0. The highest BCUT2D eigenvalue weighted by Gasteiger charge is 2.11. The number of nitrogens with zero attached hydrogens (tertiary/aromatic N) is 1. The van der Waals surface area contributed by atoms with Crippen LogP contribution in [0.15, 0.2) is 46.0 Å². The molecule has 0 saturated carbocycles. The molecule has 19 heavy (non-hydrogen) atoms. The minimum Gasteiger partial charge on any atom is -0.440 e. The van der Waals surface area contributed by atoms with Crippen LogP contribution in [-0.4, -0.2) is 16.8 Å². The van der Waals surface area contributed by atoms with E-state index < -0.39 is 5.91 Å². The molecule has 0 bridgehead atoms. The van der Waals surface area contributed by atoms with E-state index in [0.29, 0.717) is 17.0 Å². The summed E-state index contributed by atoms with van der Waals surface area (Å²) in [6.07, 6.45) is 0. The largest absolute Gasteiger partial charge is 0.440 e. The lowest BCUT2D eigenvalue weighted by molar-refractivity contribution is 0.0997. The Hall–Kier alpha value is -2.27. The third-order valence-corrected chi connectivity index (χ3v) is 2.69. The van der Waals surface area contributed by atoms with Crippen molar-refractivity contribution in [2.24, 2.45) is 5.16 Å². The van der Waals surface area contributed by atoms with Crippen LogP contribution in [0.1, 0.15) is 23.0 Å². The van der Waals surface area contributed by atoms with Gasteiger partial charge in [0.25, 0.3) is 5.91 Å². The highest BCUT2D eigenvalue weighted by atomic mass is 35.5. The van der Waals surface area contributed by atoms with Crippen molar-refractivity contribution in [1.29, 1.82) is 0 Å². The number of hydrogen-bond acceptors (Lipinski definition) is 4. The van der Waals surface area contributed by atoms with Crippen molar-refractivity contribution in [3.05, 3.63) is 52.9 Å². The number of anilines is 1. The van der Waals surface area contributed by atoms with Gasteiger partial charge < -0.3 is 14.9 Å². The summed E-state index contributed by atoms with van der Waals surface area (Å²) >= 11 is 5.60. The predicted molar refractivity (Wildman–Crippen MR) is 72.1 cm³/mol. The van der Waals surface area contributed by atoms with Gasteiger partial charge in [0.2, 0.25) is 0 Å². The van der Waals surface area contributed by atoms with Gasteiger partial charge in [0, 0.05) is 11.3 Å². The topological polar surface area (TPSA) is 74.8 Å².